The lowest BCUT2D eigenvalue weighted by Gasteiger charge is -2.05. The summed E-state index contributed by atoms with van der Waals surface area (Å²) >= 11 is 8.85. The van der Waals surface area contributed by atoms with E-state index in [4.69, 9.17) is 28.8 Å². The molecule has 0 saturated heterocycles. The molecule has 1 aromatic rings. The Bertz CT molecular complexity index is 540. The third kappa shape index (κ3) is 4.88. The van der Waals surface area contributed by atoms with Crippen LogP contribution in [0, 0.1) is 0 Å². The maximum atomic E-state index is 11.9. The van der Waals surface area contributed by atoms with Crippen molar-refractivity contribution in [1.29, 1.82) is 0 Å². The standard InChI is InChI=1S/C11H13BrClN5O/c12-6-1-2-7(9(19)3-4-13)8(5-6)17-11(16)18-10(14)15/h1-2,5H,3-4H2,(H6,14,15,16,17,18). The number of aliphatic imine (C=N–C) groups is 2. The van der Waals surface area contributed by atoms with Crippen LogP contribution in [-0.2, 0) is 0 Å². The number of nitrogens with zero attached hydrogens (tertiary/aromatic N) is 2. The fraction of sp³-hybridized carbons (Fsp3) is 0.182. The first-order chi connectivity index (χ1) is 8.93. The van der Waals surface area contributed by atoms with Crippen LogP contribution in [0.2, 0.25) is 0 Å². The average Bonchev–Trinajstić information content (AvgIpc) is 2.27. The molecule has 0 heterocycles. The van der Waals surface area contributed by atoms with Crippen LogP contribution in [0.1, 0.15) is 16.8 Å². The Morgan fingerprint density at radius 2 is 2.00 bits per heavy atom. The predicted octanol–water partition coefficient (Wildman–Crippen LogP) is 1.48. The lowest BCUT2D eigenvalue weighted by atomic mass is 10.1. The quantitative estimate of drug-likeness (QED) is 0.331. The van der Waals surface area contributed by atoms with E-state index in [2.05, 4.69) is 25.9 Å². The van der Waals surface area contributed by atoms with E-state index in [9.17, 15) is 4.79 Å². The zero-order valence-electron chi connectivity index (χ0n) is 9.94. The molecule has 0 spiro atoms. The van der Waals surface area contributed by atoms with Crippen molar-refractivity contribution in [1.82, 2.24) is 0 Å². The Balaban J connectivity index is 3.21. The van der Waals surface area contributed by atoms with Crippen LogP contribution in [0.15, 0.2) is 32.7 Å². The van der Waals surface area contributed by atoms with Crippen LogP contribution >= 0.6 is 27.5 Å². The van der Waals surface area contributed by atoms with E-state index in [0.717, 1.165) is 4.47 Å². The SMILES string of the molecule is NC(N)=NC(N)=Nc1cc(Br)ccc1C(=O)CCCl. The number of ketones is 1. The van der Waals surface area contributed by atoms with Crippen LogP contribution in [0.5, 0.6) is 0 Å². The van der Waals surface area contributed by atoms with E-state index >= 15 is 0 Å². The lowest BCUT2D eigenvalue weighted by molar-refractivity contribution is 0.0990. The number of Topliss-reactive ketones (excluding diaryl/α,β-unsaturated/α-hetero) is 1. The number of rotatable bonds is 4. The van der Waals surface area contributed by atoms with Crippen LogP contribution in [0.25, 0.3) is 0 Å². The smallest absolute Gasteiger partial charge is 0.223 e. The Morgan fingerprint density at radius 1 is 1.32 bits per heavy atom. The molecule has 0 saturated carbocycles. The summed E-state index contributed by atoms with van der Waals surface area (Å²) in [5, 5.41) is 0. The van der Waals surface area contributed by atoms with E-state index in [1.54, 1.807) is 18.2 Å². The van der Waals surface area contributed by atoms with Gasteiger partial charge in [0.1, 0.15) is 0 Å². The molecule has 0 atom stereocenters. The molecule has 102 valence electrons. The molecule has 1 rings (SSSR count). The third-order valence-electron chi connectivity index (χ3n) is 2.06. The van der Waals surface area contributed by atoms with Gasteiger partial charge in [-0.1, -0.05) is 15.9 Å². The molecule has 19 heavy (non-hydrogen) atoms. The number of nitrogens with two attached hydrogens (primary N) is 3. The van der Waals surface area contributed by atoms with Crippen LogP contribution in [0.4, 0.5) is 5.69 Å². The van der Waals surface area contributed by atoms with Gasteiger partial charge in [-0.2, -0.15) is 4.99 Å². The van der Waals surface area contributed by atoms with Crippen molar-refractivity contribution in [2.24, 2.45) is 27.2 Å². The molecule has 0 fully saturated rings. The minimum Gasteiger partial charge on any atom is -0.370 e. The molecule has 6 N–H and O–H groups in total. The molecule has 6 nitrogen and oxygen atoms in total. The second kappa shape index (κ2) is 7.10. The van der Waals surface area contributed by atoms with Gasteiger partial charge in [0.2, 0.25) is 5.96 Å². The predicted molar refractivity (Wildman–Crippen MR) is 80.9 cm³/mol. The van der Waals surface area contributed by atoms with Gasteiger partial charge in [-0.05, 0) is 18.2 Å². The molecule has 0 aromatic heterocycles. The Labute approximate surface area is 123 Å². The van der Waals surface area contributed by atoms with E-state index in [0.29, 0.717) is 11.3 Å². The Hall–Kier alpha value is -1.60. The fourth-order valence-corrected chi connectivity index (χ4v) is 1.85. The largest absolute Gasteiger partial charge is 0.370 e. The van der Waals surface area contributed by atoms with E-state index in [-0.39, 0.29) is 30.0 Å². The maximum absolute atomic E-state index is 11.9. The fourth-order valence-electron chi connectivity index (χ4n) is 1.33. The van der Waals surface area contributed by atoms with Crippen molar-refractivity contribution in [2.45, 2.75) is 6.42 Å². The van der Waals surface area contributed by atoms with Crippen LogP contribution in [-0.4, -0.2) is 23.6 Å². The van der Waals surface area contributed by atoms with E-state index in [1.807, 2.05) is 0 Å². The van der Waals surface area contributed by atoms with Crippen molar-refractivity contribution >= 4 is 50.9 Å². The molecule has 0 amide bonds. The first-order valence-corrected chi connectivity index (χ1v) is 6.59. The number of halogens is 2. The minimum absolute atomic E-state index is 0.126. The van der Waals surface area contributed by atoms with Crippen LogP contribution in [0.3, 0.4) is 0 Å². The topological polar surface area (TPSA) is 120 Å². The molecule has 0 aliphatic rings. The molecular weight excluding hydrogens is 334 g/mol. The van der Waals surface area contributed by atoms with Gasteiger partial charge in [0.25, 0.3) is 0 Å². The summed E-state index contributed by atoms with van der Waals surface area (Å²) in [4.78, 5) is 19.5. The third-order valence-corrected chi connectivity index (χ3v) is 2.74. The zero-order chi connectivity index (χ0) is 14.4. The highest BCUT2D eigenvalue weighted by Gasteiger charge is 2.11. The zero-order valence-corrected chi connectivity index (χ0v) is 12.3. The summed E-state index contributed by atoms with van der Waals surface area (Å²) < 4.78 is 0.756. The molecule has 0 bridgehead atoms. The lowest BCUT2D eigenvalue weighted by Crippen LogP contribution is -2.26. The molecular formula is C11H13BrClN5O. The summed E-state index contributed by atoms with van der Waals surface area (Å²) in [6, 6.07) is 5.02. The first-order valence-electron chi connectivity index (χ1n) is 5.26. The van der Waals surface area contributed by atoms with E-state index < -0.39 is 0 Å². The number of carbonyl (C=O) groups is 1. The molecule has 0 unspecified atom stereocenters. The van der Waals surface area contributed by atoms with Crippen molar-refractivity contribution in [3.05, 3.63) is 28.2 Å². The summed E-state index contributed by atoms with van der Waals surface area (Å²) in [5.74, 6) is -0.219. The maximum Gasteiger partial charge on any atom is 0.223 e. The summed E-state index contributed by atoms with van der Waals surface area (Å²) in [7, 11) is 0. The number of hydrogen-bond donors (Lipinski definition) is 3. The minimum atomic E-state index is -0.204. The molecule has 8 heteroatoms. The number of guanidine groups is 2. The van der Waals surface area contributed by atoms with Crippen molar-refractivity contribution in [3.63, 3.8) is 0 Å². The number of benzene rings is 1. The van der Waals surface area contributed by atoms with Crippen molar-refractivity contribution < 1.29 is 4.79 Å². The highest BCUT2D eigenvalue weighted by Crippen LogP contribution is 2.25. The second-order valence-corrected chi connectivity index (χ2v) is 4.82. The van der Waals surface area contributed by atoms with Gasteiger partial charge in [0, 0.05) is 22.3 Å². The van der Waals surface area contributed by atoms with Crippen molar-refractivity contribution in [2.75, 3.05) is 5.88 Å². The van der Waals surface area contributed by atoms with Crippen LogP contribution < -0.4 is 17.2 Å². The van der Waals surface area contributed by atoms with Gasteiger partial charge in [-0.15, -0.1) is 11.6 Å². The van der Waals surface area contributed by atoms with Gasteiger partial charge in [0.15, 0.2) is 11.7 Å². The van der Waals surface area contributed by atoms with Gasteiger partial charge < -0.3 is 17.2 Å². The van der Waals surface area contributed by atoms with Gasteiger partial charge in [-0.25, -0.2) is 4.99 Å². The van der Waals surface area contributed by atoms with Gasteiger partial charge in [-0.3, -0.25) is 4.79 Å². The second-order valence-electron chi connectivity index (χ2n) is 3.53. The Kier molecular flexibility index (Phi) is 5.78. The highest BCUT2D eigenvalue weighted by atomic mass is 79.9. The first kappa shape index (κ1) is 15.5. The Morgan fingerprint density at radius 3 is 2.58 bits per heavy atom. The summed E-state index contributed by atoms with van der Waals surface area (Å²) in [6.45, 7) is 0. The number of alkyl halides is 1. The summed E-state index contributed by atoms with van der Waals surface area (Å²) in [5.41, 5.74) is 16.7. The van der Waals surface area contributed by atoms with Gasteiger partial charge in [0.05, 0.1) is 5.69 Å². The number of hydrogen-bond acceptors (Lipinski definition) is 2. The molecule has 0 radical (unpaired) electrons. The molecule has 0 aliphatic carbocycles. The highest BCUT2D eigenvalue weighted by molar-refractivity contribution is 9.10. The molecule has 0 aliphatic heterocycles. The summed E-state index contributed by atoms with van der Waals surface area (Å²) in [6.07, 6.45) is 0.216. The van der Waals surface area contributed by atoms with Crippen molar-refractivity contribution in [3.8, 4) is 0 Å². The average molecular weight is 347 g/mol. The monoisotopic (exact) mass is 345 g/mol. The number of carbonyl (C=O) groups excluding carboxylic acids is 1. The molecule has 1 aromatic carbocycles. The normalized spacial score (nSPS) is 11.2. The van der Waals surface area contributed by atoms with E-state index in [1.165, 1.54) is 0 Å². The van der Waals surface area contributed by atoms with Gasteiger partial charge >= 0.3 is 0 Å².